The van der Waals surface area contributed by atoms with Crippen LogP contribution >= 0.6 is 34.8 Å². The van der Waals surface area contributed by atoms with Crippen molar-refractivity contribution in [3.8, 4) is 0 Å². The first-order valence-electron chi connectivity index (χ1n) is 50.8. The molecule has 0 unspecified atom stereocenters. The van der Waals surface area contributed by atoms with Gasteiger partial charge < -0.3 is 0 Å². The fourth-order valence-corrected chi connectivity index (χ4v) is 25.9. The standard InChI is InChI=1S/2C34H40N4O4S2.C25H21ClN4.C24H18Cl2N4/c2*1-5-15-25-21-26(36-28(35-25)16-6-2)32-30(23-17-11-9-12-18-23)33(31(32)24-19-13-10-14-20-24)27-22-29(43(39,40)7-3)38-34(37-27)44(41,42)8-4;1-16-27-14-12-19(29-16)23-21(17-8-4-2-5-9-17)24(20-13-15-28-25(26)30-20)22(23)18-10-6-3-7-11-18;25-19-11-17(27-13-29-19)23-21(15-7-3-1-4-8-15)24(18-12-20(26)30-14-28-18)22(23)16-9-5-2-6-10-16/h2*9-14,17-22,30-33H,5-8,15-16H2,1-4H3;2-15,21-24H,1H3;1-14,21-24H/t2*30-,31-,32?,33?;21-,22-,23?,24?;/m111./s1. The first-order valence-corrected chi connectivity index (χ1v) is 58.5. The maximum Gasteiger partial charge on any atom is 0.248 e. The predicted octanol–water partition coefficient (Wildman–Crippen LogP) is 24.1. The second-order valence-corrected chi connectivity index (χ2v) is 47.8. The molecule has 0 bridgehead atoms. The lowest BCUT2D eigenvalue weighted by molar-refractivity contribution is 0.217. The van der Waals surface area contributed by atoms with Gasteiger partial charge in [-0.15, -0.1) is 0 Å². The quantitative estimate of drug-likeness (QED) is 0.0279. The van der Waals surface area contributed by atoms with E-state index in [9.17, 15) is 33.7 Å². The molecule has 8 aromatic carbocycles. The zero-order valence-corrected chi connectivity index (χ0v) is 89.5. The van der Waals surface area contributed by atoms with Gasteiger partial charge >= 0.3 is 0 Å². The number of aromatic nitrogens is 16. The van der Waals surface area contributed by atoms with Crippen molar-refractivity contribution in [2.45, 2.75) is 229 Å². The van der Waals surface area contributed by atoms with E-state index >= 15 is 0 Å². The van der Waals surface area contributed by atoms with Gasteiger partial charge in [0.25, 0.3) is 0 Å². The lowest BCUT2D eigenvalue weighted by atomic mass is 9.50. The van der Waals surface area contributed by atoms with Gasteiger partial charge in [0.1, 0.15) is 40.4 Å². The molecule has 31 heteroatoms. The van der Waals surface area contributed by atoms with Gasteiger partial charge in [0, 0.05) is 165 Å². The van der Waals surface area contributed by atoms with Crippen LogP contribution in [0.25, 0.3) is 0 Å². The summed E-state index contributed by atoms with van der Waals surface area (Å²) in [4.78, 5) is 72.6. The molecule has 0 saturated heterocycles. The predicted molar refractivity (Wildman–Crippen MR) is 578 cm³/mol. The molecule has 4 saturated carbocycles. The van der Waals surface area contributed by atoms with Gasteiger partial charge in [-0.1, -0.05) is 334 Å². The summed E-state index contributed by atoms with van der Waals surface area (Å²) >= 11 is 18.7. The molecule has 4 fully saturated rings. The number of aryl methyl sites for hydroxylation is 5. The minimum Gasteiger partial charge on any atom is -0.242 e. The van der Waals surface area contributed by atoms with Crippen LogP contribution in [-0.2, 0) is 65.0 Å². The summed E-state index contributed by atoms with van der Waals surface area (Å²) in [5.41, 5.74) is 17.9. The smallest absolute Gasteiger partial charge is 0.242 e. The van der Waals surface area contributed by atoms with Gasteiger partial charge in [0.2, 0.25) is 35.3 Å². The molecule has 148 heavy (non-hydrogen) atoms. The first kappa shape index (κ1) is 106. The van der Waals surface area contributed by atoms with Crippen LogP contribution in [0.15, 0.2) is 337 Å². The first-order chi connectivity index (χ1) is 71.7. The van der Waals surface area contributed by atoms with Crippen LogP contribution in [0.2, 0.25) is 15.6 Å². The summed E-state index contributed by atoms with van der Waals surface area (Å²) in [5, 5.41) is -0.201. The molecule has 0 spiro atoms. The fraction of sp³-hybridized carbons (Fsp3) is 0.316. The number of hydrogen-bond acceptors (Lipinski definition) is 24. The molecule has 8 heterocycles. The third kappa shape index (κ3) is 23.4. The largest absolute Gasteiger partial charge is 0.248 e. The molecule has 6 atom stereocenters. The van der Waals surface area contributed by atoms with E-state index in [4.69, 9.17) is 59.7 Å². The maximum atomic E-state index is 13.1. The zero-order valence-electron chi connectivity index (χ0n) is 83.9. The molecule has 4 aliphatic rings. The van der Waals surface area contributed by atoms with E-state index < -0.39 is 49.7 Å². The van der Waals surface area contributed by atoms with E-state index in [1.54, 1.807) is 6.20 Å². The topological polar surface area (TPSA) is 343 Å². The second-order valence-electron chi connectivity index (χ2n) is 37.9. The van der Waals surface area contributed by atoms with Crippen molar-refractivity contribution in [2.75, 3.05) is 23.0 Å². The third-order valence-electron chi connectivity index (χ3n) is 28.9. The third-order valence-corrected chi connectivity index (χ3v) is 35.7. The molecule has 0 N–H and O–H groups in total. The Balaban J connectivity index is 0.000000137. The lowest BCUT2D eigenvalue weighted by Crippen LogP contribution is -2.41. The molecule has 16 aromatic rings. The van der Waals surface area contributed by atoms with E-state index in [0.717, 1.165) is 137 Å². The Morgan fingerprint density at radius 2 is 0.486 bits per heavy atom. The number of hydrogen-bond donors (Lipinski definition) is 0. The van der Waals surface area contributed by atoms with Crippen molar-refractivity contribution >= 4 is 74.2 Å². The Morgan fingerprint density at radius 3 is 0.743 bits per heavy atom. The number of rotatable bonds is 32. The second kappa shape index (κ2) is 47.7. The maximum absolute atomic E-state index is 13.1. The highest BCUT2D eigenvalue weighted by Gasteiger charge is 2.59. The summed E-state index contributed by atoms with van der Waals surface area (Å²) in [6, 6.07) is 97.6. The van der Waals surface area contributed by atoms with Crippen molar-refractivity contribution in [3.63, 3.8) is 0 Å². The van der Waals surface area contributed by atoms with Crippen molar-refractivity contribution in [1.82, 2.24) is 79.7 Å². The number of halogens is 3. The molecule has 4 aliphatic carbocycles. The minimum atomic E-state index is -3.89. The van der Waals surface area contributed by atoms with Gasteiger partial charge in [-0.2, -0.15) is 0 Å². The molecular weight excluding hydrogens is 1990 g/mol. The average molecular weight is 2110 g/mol. The summed E-state index contributed by atoms with van der Waals surface area (Å²) in [5.74, 6) is 1.64. The monoisotopic (exact) mass is 2110 g/mol. The van der Waals surface area contributed by atoms with E-state index in [1.807, 2.05) is 122 Å². The zero-order chi connectivity index (χ0) is 104. The van der Waals surface area contributed by atoms with E-state index in [0.29, 0.717) is 21.7 Å². The SMILES string of the molecule is CCCc1cc(C2[C@@H](c3ccccc3)C(c3cc(S(=O)(=O)CC)nc(S(=O)(=O)CC)n3)[C@@H]2c2ccccc2)nc(CCC)n1.CCCc1cc(C2[C@@H](c3ccccc3)C(c3cc(S(=O)(=O)CC)nc(S(=O)(=O)CC)n3)[C@@H]2c2ccccc2)nc(CCC)n1.Cc1nccc(C2[C@@H](c3ccccc3)C(c3ccnc(Cl)n3)[C@@H]2c2ccccc2)n1.Clc1cc(C2C(c3ccccc3)C(c3cc(Cl)ncn3)C2c2ccccc2)ncn1. The van der Waals surface area contributed by atoms with Crippen LogP contribution in [-0.4, -0.2) is 136 Å². The van der Waals surface area contributed by atoms with Gasteiger partial charge in [-0.3, -0.25) is 0 Å². The minimum absolute atomic E-state index is 0.0774. The molecule has 0 amide bonds. The van der Waals surface area contributed by atoms with Crippen LogP contribution in [0.3, 0.4) is 0 Å². The van der Waals surface area contributed by atoms with Crippen LogP contribution in [0.1, 0.15) is 295 Å². The Morgan fingerprint density at radius 1 is 0.230 bits per heavy atom. The van der Waals surface area contributed by atoms with Gasteiger partial charge in [0.05, 0.1) is 34.4 Å². The highest BCUT2D eigenvalue weighted by molar-refractivity contribution is 7.92. The number of benzene rings is 8. The Hall–Kier alpha value is -12.9. The highest BCUT2D eigenvalue weighted by atomic mass is 35.5. The van der Waals surface area contributed by atoms with Gasteiger partial charge in [-0.05, 0) is 137 Å². The fourth-order valence-electron chi connectivity index (χ4n) is 22.2. The summed E-state index contributed by atoms with van der Waals surface area (Å²) < 4.78 is 105. The van der Waals surface area contributed by atoms with Crippen molar-refractivity contribution in [3.05, 3.63) is 451 Å². The van der Waals surface area contributed by atoms with Gasteiger partial charge in [-0.25, -0.2) is 113 Å². The van der Waals surface area contributed by atoms with Crippen LogP contribution in [0, 0.1) is 6.92 Å². The van der Waals surface area contributed by atoms with Crippen molar-refractivity contribution < 1.29 is 33.7 Å². The summed E-state index contributed by atoms with van der Waals surface area (Å²) in [6.45, 7) is 16.5. The summed E-state index contributed by atoms with van der Waals surface area (Å²) in [7, 11) is -15.4. The van der Waals surface area contributed by atoms with Gasteiger partial charge in [0.15, 0.2) is 29.7 Å². The van der Waals surface area contributed by atoms with Crippen LogP contribution in [0.5, 0.6) is 0 Å². The van der Waals surface area contributed by atoms with E-state index in [-0.39, 0.29) is 133 Å². The Bertz CT molecular complexity index is 6840. The molecule has 0 aliphatic heterocycles. The molecule has 8 aromatic heterocycles. The van der Waals surface area contributed by atoms with Crippen LogP contribution in [0.4, 0.5) is 0 Å². The molecule has 760 valence electrons. The summed E-state index contributed by atoms with van der Waals surface area (Å²) in [6.07, 6.45) is 13.7. The number of nitrogens with zero attached hydrogens (tertiary/aromatic N) is 16. The van der Waals surface area contributed by atoms with Crippen molar-refractivity contribution in [1.29, 1.82) is 0 Å². The Labute approximate surface area is 883 Å². The highest BCUT2D eigenvalue weighted by Crippen LogP contribution is 2.70. The molecule has 0 radical (unpaired) electrons. The lowest BCUT2D eigenvalue weighted by Gasteiger charge is -2.52. The Kier molecular flexibility index (Phi) is 34.3. The number of sulfone groups is 4. The van der Waals surface area contributed by atoms with E-state index in [2.05, 4.69) is 252 Å². The molecule has 24 nitrogen and oxygen atoms in total. The molecular formula is C117H119Cl3N16O8S4. The van der Waals surface area contributed by atoms with Crippen LogP contribution < -0.4 is 0 Å². The normalized spacial score (nSPS) is 21.4. The van der Waals surface area contributed by atoms with Crippen molar-refractivity contribution in [2.24, 2.45) is 0 Å². The molecule has 20 rings (SSSR count). The average Bonchev–Trinajstić information content (AvgIpc) is 0.719. The van der Waals surface area contributed by atoms with E-state index in [1.165, 1.54) is 74.7 Å².